The van der Waals surface area contributed by atoms with Gasteiger partial charge >= 0.3 is 0 Å². The minimum Gasteiger partial charge on any atom is -0.300 e. The molecule has 0 radical (unpaired) electrons. The van der Waals surface area contributed by atoms with Crippen LogP contribution in [-0.4, -0.2) is 29.5 Å². The monoisotopic (exact) mass is 286 g/mol. The minimum atomic E-state index is 0.618. The van der Waals surface area contributed by atoms with E-state index in [1.807, 2.05) is 36.1 Å². The third-order valence-corrected chi connectivity index (χ3v) is 3.37. The Morgan fingerprint density at radius 3 is 2.95 bits per heavy atom. The fourth-order valence-corrected chi connectivity index (χ4v) is 2.31. The topological polar surface area (TPSA) is 64.3 Å². The minimum absolute atomic E-state index is 0.618. The molecule has 0 saturated carbocycles. The van der Waals surface area contributed by atoms with Gasteiger partial charge in [-0.1, -0.05) is 0 Å². The molecule has 3 aromatic heterocycles. The van der Waals surface area contributed by atoms with Crippen LogP contribution in [0.15, 0.2) is 36.9 Å². The van der Waals surface area contributed by atoms with Crippen LogP contribution in [0.3, 0.4) is 0 Å². The maximum Gasteiger partial charge on any atom is 0.195 e. The van der Waals surface area contributed by atoms with Crippen LogP contribution in [0.2, 0.25) is 0 Å². The molecular weight excluding hydrogens is 272 g/mol. The van der Waals surface area contributed by atoms with Crippen LogP contribution in [-0.2, 0) is 20.0 Å². The lowest BCUT2D eigenvalue weighted by Crippen LogP contribution is -2.03. The first kappa shape index (κ1) is 12.7. The quantitative estimate of drug-likeness (QED) is 0.745. The molecule has 0 spiro atoms. The van der Waals surface area contributed by atoms with Crippen molar-refractivity contribution in [1.82, 2.24) is 29.5 Å². The van der Waals surface area contributed by atoms with Gasteiger partial charge in [-0.3, -0.25) is 19.3 Å². The molecule has 1 N–H and O–H groups in total. The SMILES string of the molecule is Cn1cc(CCn2c(-c3cccnc3)n[nH]c2=S)cn1. The highest BCUT2D eigenvalue weighted by molar-refractivity contribution is 7.71. The van der Waals surface area contributed by atoms with Gasteiger partial charge in [0.2, 0.25) is 0 Å². The van der Waals surface area contributed by atoms with Crippen LogP contribution in [0.5, 0.6) is 0 Å². The van der Waals surface area contributed by atoms with E-state index in [0.717, 1.165) is 24.4 Å². The first-order valence-corrected chi connectivity index (χ1v) is 6.68. The van der Waals surface area contributed by atoms with E-state index >= 15 is 0 Å². The van der Waals surface area contributed by atoms with Gasteiger partial charge in [0.1, 0.15) is 0 Å². The van der Waals surface area contributed by atoms with E-state index in [1.165, 1.54) is 5.56 Å². The van der Waals surface area contributed by atoms with Crippen LogP contribution >= 0.6 is 12.2 Å². The molecule has 0 atom stereocenters. The number of aryl methyl sites for hydroxylation is 2. The number of nitrogens with zero attached hydrogens (tertiary/aromatic N) is 5. The second-order valence-electron chi connectivity index (χ2n) is 4.52. The lowest BCUT2D eigenvalue weighted by molar-refractivity contribution is 0.690. The van der Waals surface area contributed by atoms with E-state index < -0.39 is 0 Å². The van der Waals surface area contributed by atoms with Crippen molar-refractivity contribution in [2.75, 3.05) is 0 Å². The number of nitrogens with one attached hydrogen (secondary N) is 1. The van der Waals surface area contributed by atoms with Gasteiger partial charge in [-0.2, -0.15) is 10.2 Å². The molecule has 102 valence electrons. The van der Waals surface area contributed by atoms with Crippen molar-refractivity contribution in [3.8, 4) is 11.4 Å². The third-order valence-electron chi connectivity index (χ3n) is 3.06. The van der Waals surface area contributed by atoms with Crippen LogP contribution in [0.4, 0.5) is 0 Å². The van der Waals surface area contributed by atoms with Crippen molar-refractivity contribution in [3.63, 3.8) is 0 Å². The molecule has 0 aliphatic rings. The summed E-state index contributed by atoms with van der Waals surface area (Å²) in [6.45, 7) is 0.755. The summed E-state index contributed by atoms with van der Waals surface area (Å²) in [6, 6.07) is 3.86. The van der Waals surface area contributed by atoms with Gasteiger partial charge in [-0.25, -0.2) is 0 Å². The van der Waals surface area contributed by atoms with Crippen molar-refractivity contribution in [3.05, 3.63) is 47.3 Å². The van der Waals surface area contributed by atoms with Crippen molar-refractivity contribution in [2.24, 2.45) is 7.05 Å². The highest BCUT2D eigenvalue weighted by Crippen LogP contribution is 2.16. The second-order valence-corrected chi connectivity index (χ2v) is 4.90. The van der Waals surface area contributed by atoms with E-state index in [9.17, 15) is 0 Å². The molecule has 7 heteroatoms. The summed E-state index contributed by atoms with van der Waals surface area (Å²) in [5.74, 6) is 0.812. The molecule has 3 rings (SSSR count). The Morgan fingerprint density at radius 2 is 2.25 bits per heavy atom. The summed E-state index contributed by atoms with van der Waals surface area (Å²) < 4.78 is 4.40. The van der Waals surface area contributed by atoms with Crippen LogP contribution in [0.25, 0.3) is 11.4 Å². The number of H-pyrrole nitrogens is 1. The summed E-state index contributed by atoms with van der Waals surface area (Å²) in [4.78, 5) is 4.12. The molecule has 0 fully saturated rings. The number of rotatable bonds is 4. The standard InChI is InChI=1S/C13H14N6S/c1-18-9-10(7-15-18)4-6-19-12(16-17-13(19)20)11-3-2-5-14-8-11/h2-3,5,7-9H,4,6H2,1H3,(H,17,20). The van der Waals surface area contributed by atoms with Gasteiger partial charge in [0, 0.05) is 37.7 Å². The van der Waals surface area contributed by atoms with Crippen LogP contribution in [0.1, 0.15) is 5.56 Å². The summed E-state index contributed by atoms with van der Waals surface area (Å²) in [7, 11) is 1.91. The van der Waals surface area contributed by atoms with E-state index in [1.54, 1.807) is 17.1 Å². The van der Waals surface area contributed by atoms with E-state index in [0.29, 0.717) is 4.77 Å². The number of pyridine rings is 1. The lowest BCUT2D eigenvalue weighted by Gasteiger charge is -2.05. The number of aromatic nitrogens is 6. The van der Waals surface area contributed by atoms with Gasteiger partial charge in [0.15, 0.2) is 10.6 Å². The predicted octanol–water partition coefficient (Wildman–Crippen LogP) is 1.98. The molecule has 0 unspecified atom stereocenters. The fraction of sp³-hybridized carbons (Fsp3) is 0.231. The van der Waals surface area contributed by atoms with Crippen molar-refractivity contribution < 1.29 is 0 Å². The smallest absolute Gasteiger partial charge is 0.195 e. The normalized spacial score (nSPS) is 10.8. The Morgan fingerprint density at radius 1 is 1.35 bits per heavy atom. The van der Waals surface area contributed by atoms with Gasteiger partial charge in [-0.05, 0) is 36.3 Å². The zero-order valence-corrected chi connectivity index (χ0v) is 11.8. The van der Waals surface area contributed by atoms with E-state index in [2.05, 4.69) is 20.3 Å². The zero-order chi connectivity index (χ0) is 13.9. The van der Waals surface area contributed by atoms with Crippen LogP contribution in [0, 0.1) is 4.77 Å². The van der Waals surface area contributed by atoms with Gasteiger partial charge in [-0.15, -0.1) is 0 Å². The predicted molar refractivity (Wildman–Crippen MR) is 77.6 cm³/mol. The molecule has 0 aromatic carbocycles. The Balaban J connectivity index is 1.86. The average molecular weight is 286 g/mol. The maximum atomic E-state index is 5.30. The molecular formula is C13H14N6S. The Labute approximate surface area is 121 Å². The molecule has 6 nitrogen and oxygen atoms in total. The van der Waals surface area contributed by atoms with Crippen molar-refractivity contribution in [2.45, 2.75) is 13.0 Å². The molecule has 0 aliphatic heterocycles. The molecule has 3 aromatic rings. The van der Waals surface area contributed by atoms with Crippen LogP contribution < -0.4 is 0 Å². The molecule has 0 saturated heterocycles. The summed E-state index contributed by atoms with van der Waals surface area (Å²) in [6.07, 6.45) is 8.26. The lowest BCUT2D eigenvalue weighted by atomic mass is 10.2. The summed E-state index contributed by atoms with van der Waals surface area (Å²) in [5, 5.41) is 11.3. The fourth-order valence-electron chi connectivity index (χ4n) is 2.08. The first-order valence-electron chi connectivity index (χ1n) is 6.27. The average Bonchev–Trinajstić information content (AvgIpc) is 3.04. The summed E-state index contributed by atoms with van der Waals surface area (Å²) in [5.41, 5.74) is 2.12. The van der Waals surface area contributed by atoms with Gasteiger partial charge < -0.3 is 0 Å². The molecule has 0 amide bonds. The van der Waals surface area contributed by atoms with Crippen molar-refractivity contribution in [1.29, 1.82) is 0 Å². The number of hydrogen-bond donors (Lipinski definition) is 1. The number of hydrogen-bond acceptors (Lipinski definition) is 4. The molecule has 20 heavy (non-hydrogen) atoms. The second kappa shape index (κ2) is 5.38. The Kier molecular flexibility index (Phi) is 3.42. The highest BCUT2D eigenvalue weighted by atomic mass is 32.1. The zero-order valence-electron chi connectivity index (χ0n) is 11.0. The Hall–Kier alpha value is -2.28. The van der Waals surface area contributed by atoms with Crippen molar-refractivity contribution >= 4 is 12.2 Å². The Bertz CT molecular complexity index is 755. The molecule has 0 bridgehead atoms. The largest absolute Gasteiger partial charge is 0.300 e. The molecule has 0 aliphatic carbocycles. The van der Waals surface area contributed by atoms with Gasteiger partial charge in [0.05, 0.1) is 6.20 Å². The van der Waals surface area contributed by atoms with E-state index in [-0.39, 0.29) is 0 Å². The van der Waals surface area contributed by atoms with E-state index in [4.69, 9.17) is 12.2 Å². The maximum absolute atomic E-state index is 5.30. The summed E-state index contributed by atoms with van der Waals surface area (Å²) >= 11 is 5.30. The highest BCUT2D eigenvalue weighted by Gasteiger charge is 2.09. The first-order chi connectivity index (χ1) is 9.74. The molecule has 3 heterocycles. The third kappa shape index (κ3) is 2.53. The number of aromatic amines is 1. The van der Waals surface area contributed by atoms with Gasteiger partial charge in [0.25, 0.3) is 0 Å².